The van der Waals surface area contributed by atoms with Crippen LogP contribution in [0.5, 0.6) is 0 Å². The number of thioether (sulfide) groups is 1. The molecule has 1 aromatic heterocycles. The number of amides is 1. The van der Waals surface area contributed by atoms with Crippen molar-refractivity contribution in [3.63, 3.8) is 0 Å². The van der Waals surface area contributed by atoms with E-state index < -0.39 is 0 Å². The molecule has 0 radical (unpaired) electrons. The molecule has 1 amide bonds. The van der Waals surface area contributed by atoms with Gasteiger partial charge in [0.1, 0.15) is 0 Å². The van der Waals surface area contributed by atoms with E-state index in [-0.39, 0.29) is 23.5 Å². The lowest BCUT2D eigenvalue weighted by Crippen LogP contribution is -2.43. The zero-order valence-corrected chi connectivity index (χ0v) is 16.5. The minimum atomic E-state index is -0.245. The van der Waals surface area contributed by atoms with E-state index in [4.69, 9.17) is 20.8 Å². The van der Waals surface area contributed by atoms with Crippen LogP contribution >= 0.6 is 23.4 Å². The third-order valence-corrected chi connectivity index (χ3v) is 5.23. The Morgan fingerprint density at radius 1 is 1.41 bits per heavy atom. The molecule has 2 aromatic rings. The second kappa shape index (κ2) is 9.23. The van der Waals surface area contributed by atoms with Crippen molar-refractivity contribution >= 4 is 35.2 Å². The molecular formula is C18H20ClN3O4S. The van der Waals surface area contributed by atoms with Gasteiger partial charge in [0, 0.05) is 23.7 Å². The molecule has 0 bridgehead atoms. The van der Waals surface area contributed by atoms with E-state index in [1.807, 2.05) is 6.07 Å². The third kappa shape index (κ3) is 5.23. The highest BCUT2D eigenvalue weighted by Crippen LogP contribution is 2.26. The zero-order valence-electron chi connectivity index (χ0n) is 14.9. The number of benzene rings is 1. The highest BCUT2D eigenvalue weighted by atomic mass is 35.5. The van der Waals surface area contributed by atoms with Gasteiger partial charge in [-0.05, 0) is 38.0 Å². The minimum Gasteiger partial charge on any atom is -0.466 e. The van der Waals surface area contributed by atoms with Crippen LogP contribution in [-0.2, 0) is 14.3 Å². The fourth-order valence-electron chi connectivity index (χ4n) is 2.88. The lowest BCUT2D eigenvalue weighted by Gasteiger charge is -2.31. The number of hydrogen-bond donors (Lipinski definition) is 0. The molecule has 1 atom stereocenters. The summed E-state index contributed by atoms with van der Waals surface area (Å²) in [6.45, 7) is 3.18. The Hall–Kier alpha value is -2.06. The van der Waals surface area contributed by atoms with E-state index in [0.717, 1.165) is 18.4 Å². The molecule has 27 heavy (non-hydrogen) atoms. The van der Waals surface area contributed by atoms with Crippen molar-refractivity contribution in [3.8, 4) is 11.5 Å². The van der Waals surface area contributed by atoms with Crippen molar-refractivity contribution in [2.24, 2.45) is 5.92 Å². The number of carbonyl (C=O) groups excluding carboxylic acids is 2. The van der Waals surface area contributed by atoms with Gasteiger partial charge in [-0.3, -0.25) is 9.59 Å². The molecule has 1 aromatic carbocycles. The van der Waals surface area contributed by atoms with Crippen LogP contribution in [0, 0.1) is 5.92 Å². The summed E-state index contributed by atoms with van der Waals surface area (Å²) in [6.07, 6.45) is 1.54. The summed E-state index contributed by atoms with van der Waals surface area (Å²) in [5.41, 5.74) is 0.724. The normalized spacial score (nSPS) is 17.0. The Morgan fingerprint density at radius 2 is 2.26 bits per heavy atom. The number of rotatable bonds is 6. The van der Waals surface area contributed by atoms with E-state index in [1.165, 1.54) is 11.8 Å². The molecule has 0 spiro atoms. The van der Waals surface area contributed by atoms with Gasteiger partial charge in [0.15, 0.2) is 0 Å². The molecule has 0 N–H and O–H groups in total. The molecule has 0 saturated carbocycles. The quantitative estimate of drug-likeness (QED) is 0.534. The van der Waals surface area contributed by atoms with Crippen LogP contribution in [0.25, 0.3) is 11.5 Å². The minimum absolute atomic E-state index is 0.0588. The Morgan fingerprint density at radius 3 is 3.04 bits per heavy atom. The number of halogens is 1. The van der Waals surface area contributed by atoms with Crippen LogP contribution in [0.15, 0.2) is 33.9 Å². The molecule has 2 heterocycles. The third-order valence-electron chi connectivity index (χ3n) is 4.19. The van der Waals surface area contributed by atoms with E-state index in [2.05, 4.69) is 10.2 Å². The first-order chi connectivity index (χ1) is 13.1. The van der Waals surface area contributed by atoms with Crippen LogP contribution in [0.1, 0.15) is 19.8 Å². The standard InChI is InChI=1S/C18H20ClN3O4S/c1-2-25-17(24)13-6-4-8-22(10-13)15(23)11-27-18-21-20-16(26-18)12-5-3-7-14(19)9-12/h3,5,7,9,13H,2,4,6,8,10-11H2,1H3/t13-/m1/s1. The van der Waals surface area contributed by atoms with Crippen molar-refractivity contribution in [3.05, 3.63) is 29.3 Å². The smallest absolute Gasteiger partial charge is 0.310 e. The largest absolute Gasteiger partial charge is 0.466 e. The molecular weight excluding hydrogens is 390 g/mol. The number of ether oxygens (including phenoxy) is 1. The number of carbonyl (C=O) groups is 2. The van der Waals surface area contributed by atoms with Crippen molar-refractivity contribution in [2.45, 2.75) is 25.0 Å². The van der Waals surface area contributed by atoms with Crippen molar-refractivity contribution in [2.75, 3.05) is 25.4 Å². The van der Waals surface area contributed by atoms with Crippen LogP contribution in [-0.4, -0.2) is 52.4 Å². The first kappa shape index (κ1) is 19.7. The topological polar surface area (TPSA) is 85.5 Å². The van der Waals surface area contributed by atoms with Gasteiger partial charge in [-0.1, -0.05) is 29.4 Å². The monoisotopic (exact) mass is 409 g/mol. The summed E-state index contributed by atoms with van der Waals surface area (Å²) < 4.78 is 10.7. The predicted molar refractivity (Wildman–Crippen MR) is 101 cm³/mol. The van der Waals surface area contributed by atoms with Crippen LogP contribution in [0.3, 0.4) is 0 Å². The number of hydrogen-bond acceptors (Lipinski definition) is 7. The van der Waals surface area contributed by atoms with E-state index in [0.29, 0.717) is 35.8 Å². The first-order valence-corrected chi connectivity index (χ1v) is 10.1. The number of piperidine rings is 1. The van der Waals surface area contributed by atoms with Crippen LogP contribution in [0.4, 0.5) is 0 Å². The molecule has 0 aliphatic carbocycles. The molecule has 3 rings (SSSR count). The molecule has 0 unspecified atom stereocenters. The molecule has 1 aliphatic rings. The second-order valence-corrected chi connectivity index (χ2v) is 7.47. The Labute approximate surface area is 166 Å². The fourth-order valence-corrected chi connectivity index (χ4v) is 3.73. The number of nitrogens with zero attached hydrogens (tertiary/aromatic N) is 3. The average molecular weight is 410 g/mol. The maximum absolute atomic E-state index is 12.5. The Kier molecular flexibility index (Phi) is 6.73. The van der Waals surface area contributed by atoms with Crippen LogP contribution < -0.4 is 0 Å². The second-order valence-electron chi connectivity index (χ2n) is 6.10. The van der Waals surface area contributed by atoms with Crippen molar-refractivity contribution in [1.82, 2.24) is 15.1 Å². The SMILES string of the molecule is CCOC(=O)[C@@H]1CCCN(C(=O)CSc2nnc(-c3cccc(Cl)c3)o2)C1. The van der Waals surface area contributed by atoms with Gasteiger partial charge in [-0.25, -0.2) is 0 Å². The fraction of sp³-hybridized carbons (Fsp3) is 0.444. The van der Waals surface area contributed by atoms with Gasteiger partial charge < -0.3 is 14.1 Å². The summed E-state index contributed by atoms with van der Waals surface area (Å²) >= 11 is 7.15. The number of aromatic nitrogens is 2. The van der Waals surface area contributed by atoms with Gasteiger partial charge in [0.05, 0.1) is 18.3 Å². The first-order valence-electron chi connectivity index (χ1n) is 8.73. The summed E-state index contributed by atoms with van der Waals surface area (Å²) in [6, 6.07) is 7.12. The highest BCUT2D eigenvalue weighted by molar-refractivity contribution is 7.99. The van der Waals surface area contributed by atoms with E-state index in [1.54, 1.807) is 30.0 Å². The van der Waals surface area contributed by atoms with E-state index >= 15 is 0 Å². The van der Waals surface area contributed by atoms with Gasteiger partial charge in [-0.2, -0.15) is 0 Å². The van der Waals surface area contributed by atoms with Gasteiger partial charge in [-0.15, -0.1) is 10.2 Å². The summed E-state index contributed by atoms with van der Waals surface area (Å²) in [7, 11) is 0. The highest BCUT2D eigenvalue weighted by Gasteiger charge is 2.29. The molecule has 1 aliphatic heterocycles. The van der Waals surface area contributed by atoms with Crippen molar-refractivity contribution in [1.29, 1.82) is 0 Å². The van der Waals surface area contributed by atoms with Gasteiger partial charge >= 0.3 is 5.97 Å². The summed E-state index contributed by atoms with van der Waals surface area (Å²) in [4.78, 5) is 26.1. The average Bonchev–Trinajstić information content (AvgIpc) is 3.15. The maximum atomic E-state index is 12.5. The van der Waals surface area contributed by atoms with E-state index in [9.17, 15) is 9.59 Å². The number of likely N-dealkylation sites (tertiary alicyclic amines) is 1. The molecule has 1 fully saturated rings. The van der Waals surface area contributed by atoms with Crippen LogP contribution in [0.2, 0.25) is 5.02 Å². The zero-order chi connectivity index (χ0) is 19.2. The number of esters is 1. The summed E-state index contributed by atoms with van der Waals surface area (Å²) in [5.74, 6) is -0.00675. The Balaban J connectivity index is 1.54. The molecule has 144 valence electrons. The maximum Gasteiger partial charge on any atom is 0.310 e. The molecule has 7 nitrogen and oxygen atoms in total. The molecule has 1 saturated heterocycles. The predicted octanol–water partition coefficient (Wildman–Crippen LogP) is 3.28. The van der Waals surface area contributed by atoms with Crippen molar-refractivity contribution < 1.29 is 18.7 Å². The summed E-state index contributed by atoms with van der Waals surface area (Å²) in [5, 5.41) is 8.85. The van der Waals surface area contributed by atoms with Gasteiger partial charge in [0.2, 0.25) is 11.8 Å². The van der Waals surface area contributed by atoms with Gasteiger partial charge in [0.25, 0.3) is 5.22 Å². The Bertz CT molecular complexity index is 813. The lowest BCUT2D eigenvalue weighted by atomic mass is 9.98. The lowest BCUT2D eigenvalue weighted by molar-refractivity contribution is -0.151. The molecule has 9 heteroatoms.